The van der Waals surface area contributed by atoms with Crippen molar-refractivity contribution in [2.45, 2.75) is 77.8 Å². The Morgan fingerprint density at radius 1 is 0.250 bits per heavy atom. The van der Waals surface area contributed by atoms with Crippen molar-refractivity contribution < 1.29 is 59.8 Å². The van der Waals surface area contributed by atoms with E-state index in [1.54, 1.807) is 48.5 Å². The molecule has 8 aromatic rings. The number of aromatic hydroxyl groups is 8. The molecule has 0 fully saturated rings. The van der Waals surface area contributed by atoms with Crippen LogP contribution in [-0.4, -0.2) is 67.3 Å². The summed E-state index contributed by atoms with van der Waals surface area (Å²) < 4.78 is 24.2. The Balaban J connectivity index is 0.000000231. The number of rotatable bonds is 30. The van der Waals surface area contributed by atoms with E-state index in [1.165, 1.54) is 46.5 Å². The second-order valence-corrected chi connectivity index (χ2v) is 20.6. The Morgan fingerprint density at radius 3 is 0.725 bits per heavy atom. The molecule has 12 nitrogen and oxygen atoms in total. The Labute approximate surface area is 470 Å². The zero-order chi connectivity index (χ0) is 56.3. The molecular weight excluding hydrogens is 1010 g/mol. The van der Waals surface area contributed by atoms with Crippen molar-refractivity contribution in [2.24, 2.45) is 23.7 Å². The lowest BCUT2D eigenvalue weighted by atomic mass is 9.80. The number of benzene rings is 8. The van der Waals surface area contributed by atoms with Gasteiger partial charge in [0.05, 0.1) is 39.6 Å². The molecule has 0 bridgehead atoms. The van der Waals surface area contributed by atoms with E-state index < -0.39 is 0 Å². The molecule has 420 valence electrons. The molecule has 0 aliphatic rings. The maximum Gasteiger partial charge on any atom is 0.119 e. The second-order valence-electron chi connectivity index (χ2n) is 20.6. The highest BCUT2D eigenvalue weighted by molar-refractivity contribution is 5.39. The summed E-state index contributed by atoms with van der Waals surface area (Å²) in [5.41, 5.74) is 7.97. The summed E-state index contributed by atoms with van der Waals surface area (Å²) >= 11 is 0. The molecule has 0 amide bonds. The lowest BCUT2D eigenvalue weighted by Crippen LogP contribution is -2.25. The molecule has 12 heteroatoms. The molecular formula is C68H76O12. The van der Waals surface area contributed by atoms with Crippen LogP contribution in [-0.2, 0) is 71.1 Å². The van der Waals surface area contributed by atoms with Crippen LogP contribution in [0, 0.1) is 23.7 Å². The topological polar surface area (TPSA) is 199 Å². The molecule has 0 aliphatic heterocycles. The van der Waals surface area contributed by atoms with Gasteiger partial charge in [0.1, 0.15) is 46.0 Å². The summed E-state index contributed by atoms with van der Waals surface area (Å²) in [6.07, 6.45) is 7.15. The highest BCUT2D eigenvalue weighted by atomic mass is 16.5. The van der Waals surface area contributed by atoms with Crippen LogP contribution >= 0.6 is 0 Å². The van der Waals surface area contributed by atoms with Gasteiger partial charge in [-0.1, -0.05) is 121 Å². The van der Waals surface area contributed by atoms with E-state index in [2.05, 4.69) is 97.1 Å². The zero-order valence-electron chi connectivity index (χ0n) is 45.3. The van der Waals surface area contributed by atoms with Gasteiger partial charge in [0.2, 0.25) is 0 Å². The highest BCUT2D eigenvalue weighted by Gasteiger charge is 2.25. The monoisotopic (exact) mass is 1080 g/mol. The molecule has 0 aromatic heterocycles. The summed E-state index contributed by atoms with van der Waals surface area (Å²) in [5, 5.41) is 78.2. The van der Waals surface area contributed by atoms with Crippen molar-refractivity contribution in [1.82, 2.24) is 0 Å². The third kappa shape index (κ3) is 21.7. The fraction of sp³-hybridized carbons (Fsp3) is 0.294. The fourth-order valence-corrected chi connectivity index (χ4v) is 10.3. The minimum atomic E-state index is 0.0160. The molecule has 80 heavy (non-hydrogen) atoms. The molecule has 4 atom stereocenters. The van der Waals surface area contributed by atoms with Crippen LogP contribution in [0.15, 0.2) is 194 Å². The molecule has 0 saturated carbocycles. The van der Waals surface area contributed by atoms with Crippen molar-refractivity contribution in [3.05, 3.63) is 239 Å². The fourth-order valence-electron chi connectivity index (χ4n) is 10.3. The smallest absolute Gasteiger partial charge is 0.119 e. The maximum absolute atomic E-state index is 9.84. The van der Waals surface area contributed by atoms with Crippen LogP contribution in [0.25, 0.3) is 0 Å². The van der Waals surface area contributed by atoms with Gasteiger partial charge in [-0.05, 0) is 168 Å². The van der Waals surface area contributed by atoms with Crippen LogP contribution in [0.1, 0.15) is 70.2 Å². The molecule has 8 rings (SSSR count). The normalized spacial score (nSPS) is 12.7. The van der Waals surface area contributed by atoms with E-state index in [4.69, 9.17) is 18.9 Å². The molecule has 0 spiro atoms. The number of hydrogen-bond acceptors (Lipinski definition) is 12. The number of hydrogen-bond donors (Lipinski definition) is 8. The third-order valence-electron chi connectivity index (χ3n) is 14.0. The Hall–Kier alpha value is -8.00. The first-order valence-electron chi connectivity index (χ1n) is 27.4. The first kappa shape index (κ1) is 59.7. The molecule has 0 heterocycles. The average molecular weight is 1090 g/mol. The van der Waals surface area contributed by atoms with E-state index in [0.717, 1.165) is 73.6 Å². The largest absolute Gasteiger partial charge is 0.508 e. The predicted octanol–water partition coefficient (Wildman–Crippen LogP) is 13.5. The Kier molecular flexibility index (Phi) is 24.0. The lowest BCUT2D eigenvalue weighted by Gasteiger charge is -2.28. The van der Waals surface area contributed by atoms with Crippen molar-refractivity contribution in [1.29, 1.82) is 0 Å². The van der Waals surface area contributed by atoms with Gasteiger partial charge < -0.3 is 59.8 Å². The molecule has 0 unspecified atom stereocenters. The van der Waals surface area contributed by atoms with Gasteiger partial charge in [-0.15, -0.1) is 0 Å². The number of phenols is 8. The van der Waals surface area contributed by atoms with Crippen LogP contribution < -0.4 is 0 Å². The van der Waals surface area contributed by atoms with Crippen LogP contribution in [0.5, 0.6) is 46.0 Å². The second kappa shape index (κ2) is 32.2. The van der Waals surface area contributed by atoms with E-state index in [-0.39, 0.29) is 57.8 Å². The number of ether oxygens (including phenoxy) is 4. The van der Waals surface area contributed by atoms with Gasteiger partial charge in [0.15, 0.2) is 0 Å². The summed E-state index contributed by atoms with van der Waals surface area (Å²) in [6.45, 7) is 3.42. The van der Waals surface area contributed by atoms with Crippen molar-refractivity contribution in [3.8, 4) is 46.0 Å². The molecule has 0 aliphatic carbocycles. The van der Waals surface area contributed by atoms with Gasteiger partial charge in [-0.2, -0.15) is 0 Å². The van der Waals surface area contributed by atoms with Crippen LogP contribution in [0.4, 0.5) is 0 Å². The van der Waals surface area contributed by atoms with E-state index in [0.29, 0.717) is 64.7 Å². The zero-order valence-corrected chi connectivity index (χ0v) is 45.3. The lowest BCUT2D eigenvalue weighted by molar-refractivity contribution is 0.0579. The van der Waals surface area contributed by atoms with Gasteiger partial charge in [-0.25, -0.2) is 0 Å². The molecule has 8 N–H and O–H groups in total. The van der Waals surface area contributed by atoms with Crippen LogP contribution in [0.3, 0.4) is 0 Å². The van der Waals surface area contributed by atoms with Gasteiger partial charge >= 0.3 is 0 Å². The van der Waals surface area contributed by atoms with E-state index >= 15 is 0 Å². The minimum absolute atomic E-state index is 0.0160. The van der Waals surface area contributed by atoms with E-state index in [1.807, 2.05) is 24.3 Å². The van der Waals surface area contributed by atoms with Gasteiger partial charge in [0, 0.05) is 37.5 Å². The Morgan fingerprint density at radius 2 is 0.475 bits per heavy atom. The first-order valence-corrected chi connectivity index (χ1v) is 27.4. The van der Waals surface area contributed by atoms with Crippen molar-refractivity contribution in [3.63, 3.8) is 0 Å². The van der Waals surface area contributed by atoms with Gasteiger partial charge in [-0.3, -0.25) is 0 Å². The molecule has 0 radical (unpaired) electrons. The van der Waals surface area contributed by atoms with Crippen molar-refractivity contribution in [2.75, 3.05) is 26.4 Å². The summed E-state index contributed by atoms with van der Waals surface area (Å²) in [4.78, 5) is 0. The summed E-state index contributed by atoms with van der Waals surface area (Å²) in [7, 11) is 0. The van der Waals surface area contributed by atoms with Crippen LogP contribution in [0.2, 0.25) is 0 Å². The summed E-state index contributed by atoms with van der Waals surface area (Å²) in [5.74, 6) is 1.26. The quantitative estimate of drug-likeness (QED) is 0.0199. The SMILES string of the molecule is Oc1cc(O)cc(COCCC[C@@H](Cc2ccccc2)[C@@H](COCc2cc(O)cc(O)c2)Cc2ccccc2)c1.Oc1cc(O)cc(COCCC[C@H](Cc2ccccc2)[C@H](COCc2cc(O)cc(O)c2)Cc2ccccc2)c1. The highest BCUT2D eigenvalue weighted by Crippen LogP contribution is 2.31. The van der Waals surface area contributed by atoms with Gasteiger partial charge in [0.25, 0.3) is 0 Å². The van der Waals surface area contributed by atoms with Crippen molar-refractivity contribution >= 4 is 0 Å². The molecule has 8 aromatic carbocycles. The molecule has 0 saturated heterocycles. The van der Waals surface area contributed by atoms with E-state index in [9.17, 15) is 40.9 Å². The summed E-state index contributed by atoms with van der Waals surface area (Å²) in [6, 6.07) is 59.9. The maximum atomic E-state index is 9.84. The minimum Gasteiger partial charge on any atom is -0.508 e. The Bertz CT molecular complexity index is 2740. The number of phenolic OH excluding ortho intramolecular Hbond substituents is 8. The third-order valence-corrected chi connectivity index (χ3v) is 14.0. The first-order chi connectivity index (χ1) is 38.9. The average Bonchev–Trinajstić information content (AvgIpc) is 3.42. The standard InChI is InChI=1S/2C34H38O6/c2*35-31-16-27(17-32(36)20-31)22-39-13-7-12-29(14-25-8-3-1-4-9-25)30(15-26-10-5-2-6-11-26)24-40-23-28-18-33(37)21-34(38)19-28/h2*1-6,8-11,16-21,29-30,35-38H,7,12-15,22-24H2/t2*29-,30+/m10/s1. The predicted molar refractivity (Wildman–Crippen MR) is 311 cm³/mol.